The van der Waals surface area contributed by atoms with Crippen LogP contribution in [0.5, 0.6) is 6.01 Å². The highest BCUT2D eigenvalue weighted by Gasteiger charge is 2.28. The van der Waals surface area contributed by atoms with Gasteiger partial charge in [0.05, 0.1) is 13.3 Å². The second kappa shape index (κ2) is 7.02. The zero-order valence-electron chi connectivity index (χ0n) is 12.9. The smallest absolute Gasteiger partial charge is 0.320 e. The van der Waals surface area contributed by atoms with Crippen LogP contribution in [0.3, 0.4) is 0 Å². The Morgan fingerprint density at radius 1 is 1.38 bits per heavy atom. The van der Waals surface area contributed by atoms with E-state index in [-0.39, 0.29) is 17.7 Å². The average Bonchev–Trinajstić information content (AvgIpc) is 2.56. The summed E-state index contributed by atoms with van der Waals surface area (Å²) < 4.78 is 18.3. The number of nitrogens with one attached hydrogen (secondary N) is 2. The molecule has 2 N–H and O–H groups in total. The molecule has 1 aliphatic heterocycles. The molecule has 1 fully saturated rings. The molecule has 0 saturated carbocycles. The number of rotatable bonds is 5. The first-order valence-corrected chi connectivity index (χ1v) is 7.29. The van der Waals surface area contributed by atoms with Crippen LogP contribution in [-0.2, 0) is 0 Å². The number of hydrogen-bond acceptors (Lipinski definition) is 7. The highest BCUT2D eigenvalue weighted by atomic mass is 19.1. The Morgan fingerprint density at radius 2 is 2.12 bits per heavy atom. The van der Waals surface area contributed by atoms with Crippen molar-refractivity contribution < 1.29 is 13.9 Å². The van der Waals surface area contributed by atoms with Crippen molar-refractivity contribution in [3.8, 4) is 6.01 Å². The molecular weight excluding hydrogens is 317 g/mol. The molecule has 3 heterocycles. The monoisotopic (exact) mass is 333 g/mol. The lowest BCUT2D eigenvalue weighted by Gasteiger charge is -2.39. The van der Waals surface area contributed by atoms with Crippen LogP contribution >= 0.6 is 0 Å². The normalized spacial score (nSPS) is 14.0. The molecule has 0 aliphatic carbocycles. The van der Waals surface area contributed by atoms with Gasteiger partial charge in [-0.3, -0.25) is 5.32 Å². The largest absolute Gasteiger partial charge is 0.467 e. The molecule has 0 aromatic carbocycles. The molecule has 0 atom stereocenters. The fraction of sp³-hybridized carbons (Fsp3) is 0.357. The van der Waals surface area contributed by atoms with E-state index in [0.29, 0.717) is 12.5 Å². The lowest BCUT2D eigenvalue weighted by molar-refractivity contribution is 0.248. The lowest BCUT2D eigenvalue weighted by atomic mass is 10.0. The van der Waals surface area contributed by atoms with Gasteiger partial charge in [-0.1, -0.05) is 0 Å². The summed E-state index contributed by atoms with van der Waals surface area (Å²) in [7, 11) is 1.36. The summed E-state index contributed by atoms with van der Waals surface area (Å²) in [4.78, 5) is 29.5. The second-order valence-corrected chi connectivity index (χ2v) is 5.21. The molecule has 24 heavy (non-hydrogen) atoms. The zero-order valence-corrected chi connectivity index (χ0v) is 12.9. The van der Waals surface area contributed by atoms with Gasteiger partial charge in [-0.2, -0.15) is 4.98 Å². The lowest BCUT2D eigenvalue weighted by Crippen LogP contribution is -2.52. The van der Waals surface area contributed by atoms with Gasteiger partial charge in [0.15, 0.2) is 11.6 Å². The number of methoxy groups -OCH3 is 1. The highest BCUT2D eigenvalue weighted by molar-refractivity contribution is 5.88. The molecular formula is C14H16FN7O2. The van der Waals surface area contributed by atoms with Gasteiger partial charge < -0.3 is 15.0 Å². The molecule has 2 amide bonds. The van der Waals surface area contributed by atoms with Crippen molar-refractivity contribution in [2.75, 3.05) is 37.0 Å². The third-order valence-corrected chi connectivity index (χ3v) is 3.48. The van der Waals surface area contributed by atoms with E-state index < -0.39 is 11.8 Å². The number of ether oxygens (including phenoxy) is 1. The van der Waals surface area contributed by atoms with Crippen LogP contribution in [0.2, 0.25) is 0 Å². The molecule has 0 radical (unpaired) electrons. The third kappa shape index (κ3) is 3.65. The number of anilines is 2. The maximum atomic E-state index is 13.5. The third-order valence-electron chi connectivity index (χ3n) is 3.48. The van der Waals surface area contributed by atoms with Gasteiger partial charge in [0.1, 0.15) is 0 Å². The molecule has 0 bridgehead atoms. The minimum absolute atomic E-state index is 0.0239. The van der Waals surface area contributed by atoms with Crippen LogP contribution in [0.15, 0.2) is 24.7 Å². The number of hydrogen-bond donors (Lipinski definition) is 2. The van der Waals surface area contributed by atoms with Gasteiger partial charge >= 0.3 is 12.0 Å². The van der Waals surface area contributed by atoms with E-state index in [2.05, 4.69) is 30.6 Å². The fourth-order valence-corrected chi connectivity index (χ4v) is 2.24. The van der Waals surface area contributed by atoms with Crippen LogP contribution in [0, 0.1) is 11.7 Å². The summed E-state index contributed by atoms with van der Waals surface area (Å²) in [6.45, 7) is 1.96. The van der Waals surface area contributed by atoms with Gasteiger partial charge in [-0.25, -0.2) is 24.1 Å². The number of carbonyl (C=O) groups is 1. The molecule has 126 valence electrons. The molecule has 1 aliphatic rings. The van der Waals surface area contributed by atoms with Gasteiger partial charge in [-0.15, -0.1) is 0 Å². The summed E-state index contributed by atoms with van der Waals surface area (Å²) >= 11 is 0. The van der Waals surface area contributed by atoms with Crippen molar-refractivity contribution in [3.05, 3.63) is 30.5 Å². The summed E-state index contributed by atoms with van der Waals surface area (Å²) in [6.07, 6.45) is 4.31. The summed E-state index contributed by atoms with van der Waals surface area (Å²) in [5.41, 5.74) is 0. The Kier molecular flexibility index (Phi) is 4.64. The van der Waals surface area contributed by atoms with Crippen LogP contribution in [0.4, 0.5) is 21.0 Å². The predicted molar refractivity (Wildman–Crippen MR) is 83.3 cm³/mol. The van der Waals surface area contributed by atoms with Crippen molar-refractivity contribution in [3.63, 3.8) is 0 Å². The summed E-state index contributed by atoms with van der Waals surface area (Å²) in [6, 6.07) is 1.20. The maximum absolute atomic E-state index is 13.5. The van der Waals surface area contributed by atoms with Gasteiger partial charge in [0.25, 0.3) is 0 Å². The number of halogens is 1. The SMILES string of the molecule is COc1ncc(F)c(NC(=O)NCC2CN(c3ncccn3)C2)n1. The van der Waals surface area contributed by atoms with Crippen LogP contribution in [0.25, 0.3) is 0 Å². The summed E-state index contributed by atoms with van der Waals surface area (Å²) in [5, 5.41) is 5.02. The Morgan fingerprint density at radius 3 is 2.83 bits per heavy atom. The maximum Gasteiger partial charge on any atom is 0.320 e. The Labute approximate surface area is 137 Å². The van der Waals surface area contributed by atoms with Crippen LogP contribution in [0.1, 0.15) is 0 Å². The Balaban J connectivity index is 1.44. The molecule has 2 aromatic rings. The number of amides is 2. The molecule has 9 nitrogen and oxygen atoms in total. The first-order valence-electron chi connectivity index (χ1n) is 7.29. The average molecular weight is 333 g/mol. The topological polar surface area (TPSA) is 105 Å². The number of nitrogens with zero attached hydrogens (tertiary/aromatic N) is 5. The number of urea groups is 1. The quantitative estimate of drug-likeness (QED) is 0.828. The van der Waals surface area contributed by atoms with E-state index in [1.54, 1.807) is 18.5 Å². The first-order chi connectivity index (χ1) is 11.7. The van der Waals surface area contributed by atoms with Crippen molar-refractivity contribution in [1.29, 1.82) is 0 Å². The predicted octanol–water partition coefficient (Wildman–Crippen LogP) is 0.672. The molecule has 0 spiro atoms. The standard InChI is InChI=1S/C14H16FN7O2/c1-24-14-19-6-10(15)11(21-14)20-13(23)18-5-9-7-22(8-9)12-16-3-2-4-17-12/h2-4,6,9H,5,7-8H2,1H3,(H2,18,19,20,21,23). The summed E-state index contributed by atoms with van der Waals surface area (Å²) in [5.74, 6) is -0.00745. The minimum atomic E-state index is -0.734. The van der Waals surface area contributed by atoms with E-state index in [0.717, 1.165) is 19.3 Å². The van der Waals surface area contributed by atoms with Crippen molar-refractivity contribution in [2.24, 2.45) is 5.92 Å². The molecule has 1 saturated heterocycles. The van der Waals surface area contributed by atoms with Crippen LogP contribution < -0.4 is 20.3 Å². The van der Waals surface area contributed by atoms with E-state index in [4.69, 9.17) is 4.74 Å². The molecule has 0 unspecified atom stereocenters. The zero-order chi connectivity index (χ0) is 16.9. The van der Waals surface area contributed by atoms with E-state index >= 15 is 0 Å². The second-order valence-electron chi connectivity index (χ2n) is 5.21. The number of carbonyl (C=O) groups excluding carboxylic acids is 1. The van der Waals surface area contributed by atoms with E-state index in [9.17, 15) is 9.18 Å². The van der Waals surface area contributed by atoms with Crippen LogP contribution in [-0.4, -0.2) is 52.7 Å². The molecule has 10 heteroatoms. The van der Waals surface area contributed by atoms with Gasteiger partial charge in [0, 0.05) is 37.9 Å². The highest BCUT2D eigenvalue weighted by Crippen LogP contribution is 2.19. The van der Waals surface area contributed by atoms with E-state index in [1.165, 1.54) is 7.11 Å². The molecule has 2 aromatic heterocycles. The van der Waals surface area contributed by atoms with E-state index in [1.807, 2.05) is 4.90 Å². The van der Waals surface area contributed by atoms with Gasteiger partial charge in [-0.05, 0) is 6.07 Å². The van der Waals surface area contributed by atoms with Gasteiger partial charge in [0.2, 0.25) is 5.95 Å². The minimum Gasteiger partial charge on any atom is -0.467 e. The van der Waals surface area contributed by atoms with Crippen molar-refractivity contribution in [2.45, 2.75) is 0 Å². The van der Waals surface area contributed by atoms with Crippen molar-refractivity contribution in [1.82, 2.24) is 25.3 Å². The Bertz CT molecular complexity index is 710. The fourth-order valence-electron chi connectivity index (χ4n) is 2.24. The number of aromatic nitrogens is 4. The molecule has 3 rings (SSSR count). The van der Waals surface area contributed by atoms with Crippen molar-refractivity contribution >= 4 is 17.8 Å². The Hall–Kier alpha value is -3.04. The first kappa shape index (κ1) is 15.8.